The van der Waals surface area contributed by atoms with Crippen LogP contribution in [0.25, 0.3) is 0 Å². The highest BCUT2D eigenvalue weighted by atomic mass is 19.4. The summed E-state index contributed by atoms with van der Waals surface area (Å²) in [6.45, 7) is -0.131. The molecule has 19 heavy (non-hydrogen) atoms. The Bertz CT molecular complexity index is 462. The van der Waals surface area contributed by atoms with Gasteiger partial charge in [-0.3, -0.25) is 4.79 Å². The number of amides is 1. The molecule has 0 saturated carbocycles. The molecular formula is C12H14F3N3O. The predicted molar refractivity (Wildman–Crippen MR) is 66.2 cm³/mol. The first-order valence-electron chi connectivity index (χ1n) is 5.87. The molecule has 1 amide bonds. The van der Waals surface area contributed by atoms with Crippen LogP contribution in [0.3, 0.4) is 0 Å². The minimum Gasteiger partial charge on any atom is -0.382 e. The highest BCUT2D eigenvalue weighted by molar-refractivity contribution is 5.84. The van der Waals surface area contributed by atoms with Gasteiger partial charge < -0.3 is 15.5 Å². The SMILES string of the molecule is O=C(CN1CCNc2ccccc21)NCC(F)(F)F. The van der Waals surface area contributed by atoms with Gasteiger partial charge in [0.2, 0.25) is 5.91 Å². The van der Waals surface area contributed by atoms with E-state index in [4.69, 9.17) is 0 Å². The van der Waals surface area contributed by atoms with Crippen molar-refractivity contribution < 1.29 is 18.0 Å². The van der Waals surface area contributed by atoms with Crippen molar-refractivity contribution in [2.24, 2.45) is 0 Å². The number of carbonyl (C=O) groups excluding carboxylic acids is 1. The fraction of sp³-hybridized carbons (Fsp3) is 0.417. The lowest BCUT2D eigenvalue weighted by Crippen LogP contribution is -2.44. The van der Waals surface area contributed by atoms with Gasteiger partial charge in [0.15, 0.2) is 0 Å². The quantitative estimate of drug-likeness (QED) is 0.879. The van der Waals surface area contributed by atoms with Gasteiger partial charge in [-0.05, 0) is 12.1 Å². The molecular weight excluding hydrogens is 259 g/mol. The predicted octanol–water partition coefficient (Wildman–Crippen LogP) is 1.60. The number of hydrogen-bond donors (Lipinski definition) is 2. The number of nitrogens with one attached hydrogen (secondary N) is 2. The third-order valence-electron chi connectivity index (χ3n) is 2.76. The number of carbonyl (C=O) groups is 1. The summed E-state index contributed by atoms with van der Waals surface area (Å²) >= 11 is 0. The summed E-state index contributed by atoms with van der Waals surface area (Å²) in [5, 5.41) is 5.04. The summed E-state index contributed by atoms with van der Waals surface area (Å²) in [5.41, 5.74) is 1.72. The summed E-state index contributed by atoms with van der Waals surface area (Å²) in [6.07, 6.45) is -4.38. The molecule has 0 saturated heterocycles. The van der Waals surface area contributed by atoms with Gasteiger partial charge in [-0.2, -0.15) is 13.2 Å². The Kier molecular flexibility index (Phi) is 3.82. The summed E-state index contributed by atoms with van der Waals surface area (Å²) in [5.74, 6) is -0.631. The summed E-state index contributed by atoms with van der Waals surface area (Å²) < 4.78 is 36.0. The first kappa shape index (κ1) is 13.5. The maximum atomic E-state index is 12.0. The summed E-state index contributed by atoms with van der Waals surface area (Å²) in [6, 6.07) is 7.39. The molecule has 0 bridgehead atoms. The minimum absolute atomic E-state index is 0.0746. The average Bonchev–Trinajstić information content (AvgIpc) is 2.36. The molecule has 0 unspecified atom stereocenters. The first-order chi connectivity index (χ1) is 8.96. The molecule has 104 valence electrons. The Balaban J connectivity index is 1.95. The second-order valence-corrected chi connectivity index (χ2v) is 4.26. The summed E-state index contributed by atoms with van der Waals surface area (Å²) in [7, 11) is 0. The van der Waals surface area contributed by atoms with E-state index in [1.165, 1.54) is 0 Å². The van der Waals surface area contributed by atoms with E-state index in [0.717, 1.165) is 11.4 Å². The van der Waals surface area contributed by atoms with Crippen molar-refractivity contribution in [1.82, 2.24) is 5.32 Å². The molecule has 1 aromatic carbocycles. The average molecular weight is 273 g/mol. The molecule has 2 rings (SSSR count). The molecule has 1 aliphatic heterocycles. The van der Waals surface area contributed by atoms with Crippen LogP contribution in [0, 0.1) is 0 Å². The third kappa shape index (κ3) is 3.77. The van der Waals surface area contributed by atoms with Gasteiger partial charge in [-0.15, -0.1) is 0 Å². The van der Waals surface area contributed by atoms with Crippen molar-refractivity contribution in [1.29, 1.82) is 0 Å². The van der Waals surface area contributed by atoms with Gasteiger partial charge >= 0.3 is 6.18 Å². The summed E-state index contributed by atoms with van der Waals surface area (Å²) in [4.78, 5) is 13.3. The van der Waals surface area contributed by atoms with Gasteiger partial charge in [0.1, 0.15) is 6.54 Å². The third-order valence-corrected chi connectivity index (χ3v) is 2.76. The Morgan fingerprint density at radius 3 is 2.84 bits per heavy atom. The molecule has 4 nitrogen and oxygen atoms in total. The highest BCUT2D eigenvalue weighted by Gasteiger charge is 2.28. The van der Waals surface area contributed by atoms with E-state index in [2.05, 4.69) is 5.32 Å². The zero-order chi connectivity index (χ0) is 13.9. The minimum atomic E-state index is -4.38. The van der Waals surface area contributed by atoms with Crippen molar-refractivity contribution in [3.8, 4) is 0 Å². The van der Waals surface area contributed by atoms with E-state index in [1.54, 1.807) is 4.90 Å². The van der Waals surface area contributed by atoms with Crippen LogP contribution < -0.4 is 15.5 Å². The van der Waals surface area contributed by atoms with E-state index in [9.17, 15) is 18.0 Å². The fourth-order valence-electron chi connectivity index (χ4n) is 1.94. The van der Waals surface area contributed by atoms with Crippen molar-refractivity contribution >= 4 is 17.3 Å². The Morgan fingerprint density at radius 2 is 2.11 bits per heavy atom. The molecule has 0 spiro atoms. The number of rotatable bonds is 3. The largest absolute Gasteiger partial charge is 0.405 e. The number of benzene rings is 1. The Hall–Kier alpha value is -1.92. The number of anilines is 2. The number of halogens is 3. The lowest BCUT2D eigenvalue weighted by atomic mass is 10.2. The normalized spacial score (nSPS) is 14.6. The number of nitrogens with zero attached hydrogens (tertiary/aromatic N) is 1. The van der Waals surface area contributed by atoms with Gasteiger partial charge in [0.25, 0.3) is 0 Å². The lowest BCUT2D eigenvalue weighted by Gasteiger charge is -2.31. The van der Waals surface area contributed by atoms with Crippen LogP contribution in [0.4, 0.5) is 24.5 Å². The van der Waals surface area contributed by atoms with E-state index < -0.39 is 18.6 Å². The van der Waals surface area contributed by atoms with Crippen molar-refractivity contribution in [2.45, 2.75) is 6.18 Å². The van der Waals surface area contributed by atoms with E-state index in [-0.39, 0.29) is 6.54 Å². The van der Waals surface area contributed by atoms with E-state index in [1.807, 2.05) is 29.6 Å². The zero-order valence-corrected chi connectivity index (χ0v) is 10.1. The molecule has 0 atom stereocenters. The van der Waals surface area contributed by atoms with Crippen LogP contribution in [-0.4, -0.2) is 38.3 Å². The van der Waals surface area contributed by atoms with Crippen molar-refractivity contribution in [3.63, 3.8) is 0 Å². The molecule has 0 radical (unpaired) electrons. The molecule has 0 aromatic heterocycles. The van der Waals surface area contributed by atoms with Gasteiger partial charge in [0.05, 0.1) is 17.9 Å². The maximum Gasteiger partial charge on any atom is 0.405 e. The molecule has 2 N–H and O–H groups in total. The van der Waals surface area contributed by atoms with Crippen LogP contribution >= 0.6 is 0 Å². The van der Waals surface area contributed by atoms with Crippen LogP contribution in [0.5, 0.6) is 0 Å². The van der Waals surface area contributed by atoms with Crippen LogP contribution in [0.15, 0.2) is 24.3 Å². The maximum absolute atomic E-state index is 12.0. The molecule has 0 fully saturated rings. The fourth-order valence-corrected chi connectivity index (χ4v) is 1.94. The molecule has 0 aliphatic carbocycles. The van der Waals surface area contributed by atoms with E-state index >= 15 is 0 Å². The molecule has 1 aliphatic rings. The van der Waals surface area contributed by atoms with Gasteiger partial charge in [0, 0.05) is 13.1 Å². The van der Waals surface area contributed by atoms with Gasteiger partial charge in [-0.25, -0.2) is 0 Å². The Morgan fingerprint density at radius 1 is 1.37 bits per heavy atom. The monoisotopic (exact) mass is 273 g/mol. The smallest absolute Gasteiger partial charge is 0.382 e. The highest BCUT2D eigenvalue weighted by Crippen LogP contribution is 2.27. The first-order valence-corrected chi connectivity index (χ1v) is 5.87. The standard InChI is InChI=1S/C12H14F3N3O/c13-12(14,15)8-17-11(19)7-18-6-5-16-9-3-1-2-4-10(9)18/h1-4,16H,5-8H2,(H,17,19). The lowest BCUT2D eigenvalue weighted by molar-refractivity contribution is -0.137. The number of fused-ring (bicyclic) bond motifs is 1. The number of hydrogen-bond acceptors (Lipinski definition) is 3. The topological polar surface area (TPSA) is 44.4 Å². The second kappa shape index (κ2) is 5.38. The molecule has 1 heterocycles. The molecule has 7 heteroatoms. The van der Waals surface area contributed by atoms with Gasteiger partial charge in [-0.1, -0.05) is 12.1 Å². The number of alkyl halides is 3. The second-order valence-electron chi connectivity index (χ2n) is 4.26. The van der Waals surface area contributed by atoms with Crippen molar-refractivity contribution in [3.05, 3.63) is 24.3 Å². The molecule has 1 aromatic rings. The van der Waals surface area contributed by atoms with Crippen LogP contribution in [0.2, 0.25) is 0 Å². The van der Waals surface area contributed by atoms with Crippen LogP contribution in [0.1, 0.15) is 0 Å². The van der Waals surface area contributed by atoms with E-state index in [0.29, 0.717) is 13.1 Å². The Labute approximate surface area is 108 Å². The number of para-hydroxylation sites is 2. The zero-order valence-electron chi connectivity index (χ0n) is 10.1. The van der Waals surface area contributed by atoms with Crippen molar-refractivity contribution in [2.75, 3.05) is 36.4 Å². The van der Waals surface area contributed by atoms with Crippen LogP contribution in [-0.2, 0) is 4.79 Å².